The Morgan fingerprint density at radius 2 is 2.14 bits per heavy atom. The van der Waals surface area contributed by atoms with Gasteiger partial charge < -0.3 is 15.4 Å². The van der Waals surface area contributed by atoms with Crippen LogP contribution in [0.3, 0.4) is 0 Å². The summed E-state index contributed by atoms with van der Waals surface area (Å²) in [6, 6.07) is 3.04. The topological polar surface area (TPSA) is 80.3 Å². The van der Waals surface area contributed by atoms with Crippen molar-refractivity contribution in [1.82, 2.24) is 15.6 Å². The number of likely N-dealkylation sites (N-methyl/N-ethyl adjacent to an activating group) is 1. The maximum atomic E-state index is 11.8. The van der Waals surface area contributed by atoms with E-state index in [0.717, 1.165) is 5.56 Å². The van der Waals surface area contributed by atoms with Gasteiger partial charge in [0, 0.05) is 19.4 Å². The molecule has 0 fully saturated rings. The number of nitrogens with zero attached hydrogens (tertiary/aromatic N) is 1. The quantitative estimate of drug-likeness (QED) is 0.873. The van der Waals surface area contributed by atoms with E-state index in [0.29, 0.717) is 6.42 Å². The zero-order valence-electron chi connectivity index (χ0n) is 13.4. The van der Waals surface area contributed by atoms with Gasteiger partial charge in [0.15, 0.2) is 0 Å². The Labute approximate surface area is 131 Å². The van der Waals surface area contributed by atoms with Crippen molar-refractivity contribution in [2.24, 2.45) is 0 Å². The average Bonchev–Trinajstić information content (AvgIpc) is 2.44. The number of amides is 2. The van der Waals surface area contributed by atoms with Crippen molar-refractivity contribution in [3.63, 3.8) is 0 Å². The third-order valence-corrected chi connectivity index (χ3v) is 2.62. The summed E-state index contributed by atoms with van der Waals surface area (Å²) < 4.78 is 5.16. The lowest BCUT2D eigenvalue weighted by molar-refractivity contribution is -0.122. The van der Waals surface area contributed by atoms with Crippen LogP contribution in [0.4, 0.5) is 4.79 Å². The summed E-state index contributed by atoms with van der Waals surface area (Å²) in [5.74, 6) is -0.276. The highest BCUT2D eigenvalue weighted by Crippen LogP contribution is 2.08. The number of rotatable bonds is 5. The van der Waals surface area contributed by atoms with Crippen molar-refractivity contribution < 1.29 is 14.3 Å². The van der Waals surface area contributed by atoms with Gasteiger partial charge >= 0.3 is 6.09 Å². The monoisotopic (exact) mass is 305 g/mol. The number of alkyl carbamates (subject to hydrolysis) is 1. The summed E-state index contributed by atoms with van der Waals surface area (Å²) in [6.07, 6.45) is 6.80. The van der Waals surface area contributed by atoms with E-state index in [1.54, 1.807) is 33.2 Å². The van der Waals surface area contributed by atoms with E-state index in [-0.39, 0.29) is 5.91 Å². The fraction of sp³-hybridized carbons (Fsp3) is 0.438. The smallest absolute Gasteiger partial charge is 0.408 e. The number of carbonyl (C=O) groups excluding carboxylic acids is 2. The minimum absolute atomic E-state index is 0.276. The minimum Gasteiger partial charge on any atom is -0.444 e. The Kier molecular flexibility index (Phi) is 6.56. The molecule has 1 atom stereocenters. The largest absolute Gasteiger partial charge is 0.444 e. The molecule has 2 N–H and O–H groups in total. The molecule has 0 radical (unpaired) electrons. The summed E-state index contributed by atoms with van der Waals surface area (Å²) in [5.41, 5.74) is 0.318. The highest BCUT2D eigenvalue weighted by Gasteiger charge is 2.22. The van der Waals surface area contributed by atoms with Gasteiger partial charge in [-0.15, -0.1) is 0 Å². The van der Waals surface area contributed by atoms with Crippen LogP contribution < -0.4 is 10.6 Å². The molecule has 1 aromatic heterocycles. The van der Waals surface area contributed by atoms with E-state index in [1.807, 2.05) is 24.3 Å². The fourth-order valence-electron chi connectivity index (χ4n) is 1.67. The molecule has 6 heteroatoms. The summed E-state index contributed by atoms with van der Waals surface area (Å²) in [5, 5.41) is 5.10. The predicted molar refractivity (Wildman–Crippen MR) is 85.1 cm³/mol. The number of hydrogen-bond donors (Lipinski definition) is 2. The van der Waals surface area contributed by atoms with E-state index < -0.39 is 17.7 Å². The average molecular weight is 305 g/mol. The molecule has 6 nitrogen and oxygen atoms in total. The van der Waals surface area contributed by atoms with Gasteiger partial charge in [-0.3, -0.25) is 9.78 Å². The van der Waals surface area contributed by atoms with Crippen LogP contribution in [-0.4, -0.2) is 35.7 Å². The van der Waals surface area contributed by atoms with Crippen LogP contribution >= 0.6 is 0 Å². The number of nitrogens with one attached hydrogen (secondary N) is 2. The highest BCUT2D eigenvalue weighted by molar-refractivity contribution is 5.85. The van der Waals surface area contributed by atoms with Crippen LogP contribution in [0.1, 0.15) is 32.8 Å². The summed E-state index contributed by atoms with van der Waals surface area (Å²) in [6.45, 7) is 5.30. The lowest BCUT2D eigenvalue weighted by Crippen LogP contribution is -2.47. The van der Waals surface area contributed by atoms with E-state index >= 15 is 0 Å². The number of aromatic nitrogens is 1. The standard InChI is InChI=1S/C16H23N3O3/c1-16(2,3)22-15(21)19-13(14(20)17-4)9-5-7-12-8-6-10-18-11-12/h5-8,10-11,13H,9H2,1-4H3,(H,17,20)(H,19,21)/b7-5+/t13-/m0/s1. The first kappa shape index (κ1) is 17.7. The van der Waals surface area contributed by atoms with E-state index in [4.69, 9.17) is 4.74 Å². The number of pyridine rings is 1. The van der Waals surface area contributed by atoms with Crippen molar-refractivity contribution in [3.8, 4) is 0 Å². The first-order valence-electron chi connectivity index (χ1n) is 7.09. The zero-order valence-corrected chi connectivity index (χ0v) is 13.4. The first-order valence-corrected chi connectivity index (χ1v) is 7.09. The molecule has 0 bridgehead atoms. The van der Waals surface area contributed by atoms with Crippen molar-refractivity contribution in [2.75, 3.05) is 7.05 Å². The molecule has 120 valence electrons. The van der Waals surface area contributed by atoms with Gasteiger partial charge in [0.1, 0.15) is 11.6 Å². The molecule has 0 aliphatic rings. The molecule has 1 aromatic rings. The van der Waals surface area contributed by atoms with Gasteiger partial charge in [-0.2, -0.15) is 0 Å². The van der Waals surface area contributed by atoms with Crippen molar-refractivity contribution >= 4 is 18.1 Å². The van der Waals surface area contributed by atoms with Crippen LogP contribution in [0.2, 0.25) is 0 Å². The van der Waals surface area contributed by atoms with Crippen LogP contribution in [0.5, 0.6) is 0 Å². The van der Waals surface area contributed by atoms with Gasteiger partial charge in [0.25, 0.3) is 0 Å². The van der Waals surface area contributed by atoms with Crippen LogP contribution in [0, 0.1) is 0 Å². The molecule has 22 heavy (non-hydrogen) atoms. The molecular weight excluding hydrogens is 282 g/mol. The minimum atomic E-state index is -0.687. The lowest BCUT2D eigenvalue weighted by Gasteiger charge is -2.22. The fourth-order valence-corrected chi connectivity index (χ4v) is 1.67. The first-order chi connectivity index (χ1) is 10.3. The molecule has 1 heterocycles. The third-order valence-electron chi connectivity index (χ3n) is 2.62. The Bertz CT molecular complexity index is 521. The second kappa shape index (κ2) is 8.17. The normalized spacial score (nSPS) is 12.7. The molecule has 0 unspecified atom stereocenters. The lowest BCUT2D eigenvalue weighted by atomic mass is 10.1. The third kappa shape index (κ3) is 6.88. The predicted octanol–water partition coefficient (Wildman–Crippen LogP) is 2.12. The van der Waals surface area contributed by atoms with Gasteiger partial charge in [-0.05, 0) is 38.8 Å². The van der Waals surface area contributed by atoms with E-state index in [9.17, 15) is 9.59 Å². The Morgan fingerprint density at radius 1 is 1.41 bits per heavy atom. The van der Waals surface area contributed by atoms with Gasteiger partial charge in [-0.25, -0.2) is 4.79 Å². The van der Waals surface area contributed by atoms with Crippen molar-refractivity contribution in [2.45, 2.75) is 38.8 Å². The van der Waals surface area contributed by atoms with Crippen molar-refractivity contribution in [1.29, 1.82) is 0 Å². The van der Waals surface area contributed by atoms with E-state index in [1.165, 1.54) is 7.05 Å². The molecule has 0 aromatic carbocycles. The Morgan fingerprint density at radius 3 is 2.68 bits per heavy atom. The molecule has 0 aliphatic heterocycles. The van der Waals surface area contributed by atoms with Crippen LogP contribution in [0.25, 0.3) is 6.08 Å². The van der Waals surface area contributed by atoms with Gasteiger partial charge in [0.05, 0.1) is 0 Å². The summed E-state index contributed by atoms with van der Waals surface area (Å²) >= 11 is 0. The van der Waals surface area contributed by atoms with Gasteiger partial charge in [0.2, 0.25) is 5.91 Å². The van der Waals surface area contributed by atoms with E-state index in [2.05, 4.69) is 15.6 Å². The number of ether oxygens (including phenoxy) is 1. The summed E-state index contributed by atoms with van der Waals surface area (Å²) in [7, 11) is 1.52. The molecule has 2 amide bonds. The Hall–Kier alpha value is -2.37. The molecular formula is C16H23N3O3. The van der Waals surface area contributed by atoms with Crippen LogP contribution in [-0.2, 0) is 9.53 Å². The number of carbonyl (C=O) groups is 2. The SMILES string of the molecule is CNC(=O)[C@H](C/C=C/c1cccnc1)NC(=O)OC(C)(C)C. The Balaban J connectivity index is 2.63. The second-order valence-corrected chi connectivity index (χ2v) is 5.74. The molecule has 0 spiro atoms. The highest BCUT2D eigenvalue weighted by atomic mass is 16.6. The summed E-state index contributed by atoms with van der Waals surface area (Å²) in [4.78, 5) is 27.6. The zero-order chi connectivity index (χ0) is 16.6. The van der Waals surface area contributed by atoms with Gasteiger partial charge in [-0.1, -0.05) is 18.2 Å². The molecule has 0 saturated heterocycles. The molecule has 0 saturated carbocycles. The molecule has 0 aliphatic carbocycles. The maximum Gasteiger partial charge on any atom is 0.408 e. The second-order valence-electron chi connectivity index (χ2n) is 5.74. The van der Waals surface area contributed by atoms with Crippen LogP contribution in [0.15, 0.2) is 30.6 Å². The van der Waals surface area contributed by atoms with Crippen molar-refractivity contribution in [3.05, 3.63) is 36.2 Å². The maximum absolute atomic E-state index is 11.8. The number of hydrogen-bond acceptors (Lipinski definition) is 4. The molecule has 1 rings (SSSR count).